The molecule has 6 heteroatoms. The molecule has 0 bridgehead atoms. The highest BCUT2D eigenvalue weighted by Crippen LogP contribution is 2.36. The van der Waals surface area contributed by atoms with Gasteiger partial charge in [-0.25, -0.2) is 4.79 Å². The van der Waals surface area contributed by atoms with E-state index in [1.165, 1.54) is 38.8 Å². The predicted octanol–water partition coefficient (Wildman–Crippen LogP) is 4.32. The number of esters is 1. The van der Waals surface area contributed by atoms with E-state index in [-0.39, 0.29) is 12.6 Å². The van der Waals surface area contributed by atoms with Crippen LogP contribution in [0.15, 0.2) is 18.2 Å². The van der Waals surface area contributed by atoms with Crippen molar-refractivity contribution in [3.63, 3.8) is 0 Å². The number of halogens is 2. The number of hydrogen-bond acceptors (Lipinski definition) is 3. The zero-order valence-corrected chi connectivity index (χ0v) is 16.2. The van der Waals surface area contributed by atoms with E-state index in [9.17, 15) is 4.79 Å². The topological polar surface area (TPSA) is 35.5 Å². The van der Waals surface area contributed by atoms with Crippen LogP contribution in [0.25, 0.3) is 0 Å². The van der Waals surface area contributed by atoms with Crippen LogP contribution in [-0.2, 0) is 9.53 Å². The zero-order chi connectivity index (χ0) is 17.9. The van der Waals surface area contributed by atoms with Crippen molar-refractivity contribution >= 4 is 29.2 Å². The Bertz CT molecular complexity index is 621. The van der Waals surface area contributed by atoms with E-state index in [0.717, 1.165) is 10.9 Å². The second kappa shape index (κ2) is 8.15. The van der Waals surface area contributed by atoms with E-state index < -0.39 is 0 Å². The first-order chi connectivity index (χ1) is 12.0. The van der Waals surface area contributed by atoms with E-state index >= 15 is 0 Å². The summed E-state index contributed by atoms with van der Waals surface area (Å²) in [6, 6.07) is 5.55. The average Bonchev–Trinajstić information content (AvgIpc) is 2.58. The predicted molar refractivity (Wildman–Crippen MR) is 99.2 cm³/mol. The van der Waals surface area contributed by atoms with Gasteiger partial charge in [-0.1, -0.05) is 23.2 Å². The maximum Gasteiger partial charge on any atom is 0.344 e. The number of piperidine rings is 2. The molecule has 2 aliphatic heterocycles. The summed E-state index contributed by atoms with van der Waals surface area (Å²) in [6.07, 6.45) is 6.22. The molecule has 2 saturated heterocycles. The minimum atomic E-state index is -0.346. The first-order valence-corrected chi connectivity index (χ1v) is 9.81. The highest BCUT2D eigenvalue weighted by molar-refractivity contribution is 6.35. The van der Waals surface area contributed by atoms with Gasteiger partial charge in [-0.3, -0.25) is 0 Å². The van der Waals surface area contributed by atoms with E-state index in [2.05, 4.69) is 7.05 Å². The molecule has 1 unspecified atom stereocenters. The lowest BCUT2D eigenvalue weighted by Gasteiger charge is -2.51. The normalized spacial score (nSPS) is 28.9. The summed E-state index contributed by atoms with van der Waals surface area (Å²) in [5.74, 6) is 0.556. The largest absolute Gasteiger partial charge is 0.480 e. The summed E-state index contributed by atoms with van der Waals surface area (Å²) in [5.41, 5.74) is 0. The Morgan fingerprint density at radius 1 is 1.20 bits per heavy atom. The van der Waals surface area contributed by atoms with Crippen LogP contribution in [0, 0.1) is 5.92 Å². The Morgan fingerprint density at radius 2 is 2.00 bits per heavy atom. The van der Waals surface area contributed by atoms with Gasteiger partial charge in [-0.15, -0.1) is 0 Å². The fourth-order valence-corrected chi connectivity index (χ4v) is 4.86. The summed E-state index contributed by atoms with van der Waals surface area (Å²) in [6.45, 7) is 2.88. The van der Waals surface area contributed by atoms with Crippen LogP contribution < -0.4 is 4.74 Å². The second-order valence-corrected chi connectivity index (χ2v) is 8.28. The number of fused-ring (bicyclic) bond motifs is 1. The molecule has 138 valence electrons. The number of quaternary nitrogens is 1. The number of nitrogens with zero attached hydrogens (tertiary/aromatic N) is 1. The summed E-state index contributed by atoms with van der Waals surface area (Å²) in [5, 5.41) is 0.925. The smallest absolute Gasteiger partial charge is 0.344 e. The molecule has 0 saturated carbocycles. The quantitative estimate of drug-likeness (QED) is 0.558. The number of benzene rings is 1. The third-order valence-corrected chi connectivity index (χ3v) is 6.24. The van der Waals surface area contributed by atoms with Crippen LogP contribution in [0.3, 0.4) is 0 Å². The van der Waals surface area contributed by atoms with Gasteiger partial charge in [0.05, 0.1) is 37.8 Å². The third-order valence-electron chi connectivity index (χ3n) is 5.71. The molecule has 2 aliphatic rings. The number of rotatable bonds is 5. The molecule has 2 heterocycles. The Kier molecular flexibility index (Phi) is 6.13. The molecule has 0 amide bonds. The van der Waals surface area contributed by atoms with Gasteiger partial charge in [-0.05, 0) is 43.9 Å². The van der Waals surface area contributed by atoms with Gasteiger partial charge in [0.1, 0.15) is 5.75 Å². The van der Waals surface area contributed by atoms with Crippen LogP contribution in [0.5, 0.6) is 5.75 Å². The van der Waals surface area contributed by atoms with Gasteiger partial charge in [0, 0.05) is 17.4 Å². The summed E-state index contributed by atoms with van der Waals surface area (Å²) < 4.78 is 12.1. The summed E-state index contributed by atoms with van der Waals surface area (Å²) in [7, 11) is 2.36. The first kappa shape index (κ1) is 18.8. The fourth-order valence-electron chi connectivity index (χ4n) is 4.40. The SMILES string of the molecule is C[N+]12CCCC[C@H]1[C@H](COC(=O)COc1ccc(Cl)cc1Cl)CCC2. The molecular weight excluding hydrogens is 361 g/mol. The Hall–Kier alpha value is -0.970. The average molecular weight is 387 g/mol. The van der Waals surface area contributed by atoms with Crippen molar-refractivity contribution < 1.29 is 18.8 Å². The minimum Gasteiger partial charge on any atom is -0.480 e. The molecule has 3 atom stereocenters. The summed E-state index contributed by atoms with van der Waals surface area (Å²) >= 11 is 11.9. The molecule has 0 aliphatic carbocycles. The molecule has 2 fully saturated rings. The minimum absolute atomic E-state index is 0.134. The maximum atomic E-state index is 12.1. The van der Waals surface area contributed by atoms with Crippen LogP contribution in [0.1, 0.15) is 32.1 Å². The van der Waals surface area contributed by atoms with Crippen LogP contribution in [-0.4, -0.2) is 49.8 Å². The first-order valence-electron chi connectivity index (χ1n) is 9.06. The van der Waals surface area contributed by atoms with Gasteiger partial charge in [0.2, 0.25) is 0 Å². The molecule has 1 aromatic rings. The maximum absolute atomic E-state index is 12.1. The Labute approximate surface area is 159 Å². The lowest BCUT2D eigenvalue weighted by Crippen LogP contribution is -2.61. The number of carbonyl (C=O) groups is 1. The monoisotopic (exact) mass is 386 g/mol. The molecule has 0 aromatic heterocycles. The van der Waals surface area contributed by atoms with Crippen molar-refractivity contribution in [1.82, 2.24) is 0 Å². The Morgan fingerprint density at radius 3 is 2.80 bits per heavy atom. The van der Waals surface area contributed by atoms with Crippen molar-refractivity contribution in [3.05, 3.63) is 28.2 Å². The molecule has 0 spiro atoms. The molecule has 0 radical (unpaired) electrons. The van der Waals surface area contributed by atoms with Crippen LogP contribution in [0.4, 0.5) is 0 Å². The fraction of sp³-hybridized carbons (Fsp3) is 0.632. The van der Waals surface area contributed by atoms with Gasteiger partial charge < -0.3 is 14.0 Å². The van der Waals surface area contributed by atoms with E-state index in [4.69, 9.17) is 32.7 Å². The van der Waals surface area contributed by atoms with E-state index in [1.807, 2.05) is 0 Å². The highest BCUT2D eigenvalue weighted by atomic mass is 35.5. The van der Waals surface area contributed by atoms with Crippen molar-refractivity contribution in [1.29, 1.82) is 0 Å². The van der Waals surface area contributed by atoms with Gasteiger partial charge in [0.15, 0.2) is 6.61 Å². The van der Waals surface area contributed by atoms with Crippen LogP contribution in [0.2, 0.25) is 10.0 Å². The second-order valence-electron chi connectivity index (χ2n) is 7.44. The van der Waals surface area contributed by atoms with Gasteiger partial charge >= 0.3 is 5.97 Å². The number of hydrogen-bond donors (Lipinski definition) is 0. The molecule has 3 rings (SSSR count). The highest BCUT2D eigenvalue weighted by Gasteiger charge is 2.43. The molecule has 4 nitrogen and oxygen atoms in total. The summed E-state index contributed by atoms with van der Waals surface area (Å²) in [4.78, 5) is 12.1. The third kappa shape index (κ3) is 4.60. The van der Waals surface area contributed by atoms with Crippen molar-refractivity contribution in [2.24, 2.45) is 5.92 Å². The molecule has 25 heavy (non-hydrogen) atoms. The number of ether oxygens (including phenoxy) is 2. The van der Waals surface area contributed by atoms with Crippen molar-refractivity contribution in [2.75, 3.05) is 33.4 Å². The van der Waals surface area contributed by atoms with E-state index in [1.54, 1.807) is 18.2 Å². The van der Waals surface area contributed by atoms with Crippen molar-refractivity contribution in [3.8, 4) is 5.75 Å². The molecule has 1 aromatic carbocycles. The van der Waals surface area contributed by atoms with Gasteiger partial charge in [0.25, 0.3) is 0 Å². The van der Waals surface area contributed by atoms with Gasteiger partial charge in [-0.2, -0.15) is 0 Å². The van der Waals surface area contributed by atoms with Crippen molar-refractivity contribution in [2.45, 2.75) is 38.1 Å². The molecular formula is C19H26Cl2NO3+. The Balaban J connectivity index is 1.48. The number of carbonyl (C=O) groups excluding carboxylic acids is 1. The lowest BCUT2D eigenvalue weighted by molar-refractivity contribution is -0.947. The standard InChI is InChI=1S/C19H26Cl2NO3/c1-22-9-3-2-6-17(22)14(5-4-10-22)12-25-19(23)13-24-18-8-7-15(20)11-16(18)21/h7-8,11,14,17H,2-6,9-10,12-13H2,1H3/q+1/t14-,17-,22?/m0/s1. The van der Waals surface area contributed by atoms with Crippen LogP contribution >= 0.6 is 23.2 Å². The van der Waals surface area contributed by atoms with E-state index in [0.29, 0.717) is 34.4 Å². The molecule has 0 N–H and O–H groups in total. The lowest BCUT2D eigenvalue weighted by atomic mass is 9.82. The zero-order valence-electron chi connectivity index (χ0n) is 14.7.